The van der Waals surface area contributed by atoms with Gasteiger partial charge >= 0.3 is 0 Å². The number of anilines is 1. The Bertz CT molecular complexity index is 319. The molecular formula is C9H13N3O2. The predicted molar refractivity (Wildman–Crippen MR) is 52.3 cm³/mol. The van der Waals surface area contributed by atoms with E-state index in [1.165, 1.54) is 0 Å². The quantitative estimate of drug-likeness (QED) is 0.452. The summed E-state index contributed by atoms with van der Waals surface area (Å²) in [7, 11) is 3.88. The van der Waals surface area contributed by atoms with Crippen LogP contribution in [0.4, 0.5) is 5.69 Å². The first-order valence-corrected chi connectivity index (χ1v) is 4.19. The van der Waals surface area contributed by atoms with E-state index in [-0.39, 0.29) is 11.4 Å². The molecule has 0 aliphatic carbocycles. The summed E-state index contributed by atoms with van der Waals surface area (Å²) < 4.78 is 0. The van der Waals surface area contributed by atoms with E-state index in [4.69, 9.17) is 5.21 Å². The van der Waals surface area contributed by atoms with Crippen LogP contribution in [0.15, 0.2) is 29.5 Å². The largest absolute Gasteiger partial charge is 0.597 e. The number of rotatable bonds is 3. The zero-order valence-corrected chi connectivity index (χ0v) is 8.21. The van der Waals surface area contributed by atoms with Crippen LogP contribution < -0.4 is 4.90 Å². The van der Waals surface area contributed by atoms with Gasteiger partial charge in [0.25, 0.3) is 0 Å². The minimum Gasteiger partial charge on any atom is -0.597 e. The fourth-order valence-electron chi connectivity index (χ4n) is 1.09. The van der Waals surface area contributed by atoms with Gasteiger partial charge in [-0.05, 0) is 12.1 Å². The first kappa shape index (κ1) is 10.3. The maximum absolute atomic E-state index is 10.7. The number of hydroxylamine groups is 1. The van der Waals surface area contributed by atoms with E-state index in [0.29, 0.717) is 0 Å². The van der Waals surface area contributed by atoms with Gasteiger partial charge < -0.3 is 15.3 Å². The number of nitrogens with zero attached hydrogens (tertiary/aromatic N) is 3. The highest BCUT2D eigenvalue weighted by molar-refractivity contribution is 5.45. The molecule has 1 rings (SSSR count). The molecule has 1 N–H and O–H groups in total. The van der Waals surface area contributed by atoms with Gasteiger partial charge in [0.1, 0.15) is 0 Å². The summed E-state index contributed by atoms with van der Waals surface area (Å²) in [5.74, 6) is 0. The lowest BCUT2D eigenvalue weighted by Gasteiger charge is -2.11. The van der Waals surface area contributed by atoms with Gasteiger partial charge in [0, 0.05) is 25.3 Å². The van der Waals surface area contributed by atoms with Crippen molar-refractivity contribution >= 4 is 5.69 Å². The minimum atomic E-state index is 0.0597. The molecule has 0 heterocycles. The average molecular weight is 195 g/mol. The van der Waals surface area contributed by atoms with Crippen molar-refractivity contribution < 1.29 is 10.1 Å². The van der Waals surface area contributed by atoms with Crippen molar-refractivity contribution in [3.63, 3.8) is 0 Å². The standard InChI is InChI=1S/C9H13N3O2/c1-11(2)9-5-3-8(4-6-9)7-12(14)10-13/h3-6,13H,7H2,1-2H3/b12-10+. The molecule has 0 fully saturated rings. The Balaban J connectivity index is 2.74. The SMILES string of the molecule is CN(C)c1ccc(C/[N+]([O-])=N\O)cc1. The highest BCUT2D eigenvalue weighted by atomic mass is 16.6. The Morgan fingerprint density at radius 1 is 1.36 bits per heavy atom. The second-order valence-electron chi connectivity index (χ2n) is 3.16. The highest BCUT2D eigenvalue weighted by Gasteiger charge is 2.00. The van der Waals surface area contributed by atoms with E-state index < -0.39 is 0 Å². The van der Waals surface area contributed by atoms with Crippen LogP contribution in [-0.2, 0) is 6.54 Å². The molecule has 0 radical (unpaired) electrons. The van der Waals surface area contributed by atoms with E-state index >= 15 is 0 Å². The normalized spacial score (nSPS) is 11.4. The Morgan fingerprint density at radius 3 is 2.36 bits per heavy atom. The summed E-state index contributed by atoms with van der Waals surface area (Å²) >= 11 is 0. The molecular weight excluding hydrogens is 182 g/mol. The van der Waals surface area contributed by atoms with Gasteiger partial charge in [-0.25, -0.2) is 0 Å². The average Bonchev–Trinajstić information content (AvgIpc) is 2.18. The molecule has 0 aliphatic heterocycles. The van der Waals surface area contributed by atoms with Crippen molar-refractivity contribution in [3.8, 4) is 0 Å². The van der Waals surface area contributed by atoms with Crippen LogP contribution in [0.2, 0.25) is 0 Å². The predicted octanol–water partition coefficient (Wildman–Crippen LogP) is 1.60. The second kappa shape index (κ2) is 4.45. The molecule has 0 saturated carbocycles. The zero-order chi connectivity index (χ0) is 10.6. The Morgan fingerprint density at radius 2 is 1.93 bits per heavy atom. The summed E-state index contributed by atoms with van der Waals surface area (Å²) in [6, 6.07) is 7.46. The van der Waals surface area contributed by atoms with Gasteiger partial charge in [0.15, 0.2) is 5.28 Å². The van der Waals surface area contributed by atoms with Gasteiger partial charge in [0.2, 0.25) is 6.54 Å². The molecule has 0 atom stereocenters. The third kappa shape index (κ3) is 2.62. The first-order chi connectivity index (χ1) is 6.63. The van der Waals surface area contributed by atoms with Gasteiger partial charge in [-0.3, -0.25) is 0 Å². The first-order valence-electron chi connectivity index (χ1n) is 4.19. The van der Waals surface area contributed by atoms with Gasteiger partial charge in [-0.1, -0.05) is 17.0 Å². The van der Waals surface area contributed by atoms with Crippen LogP contribution >= 0.6 is 0 Å². The molecule has 0 unspecified atom stereocenters. The molecule has 76 valence electrons. The van der Waals surface area contributed by atoms with Crippen LogP contribution in [0.1, 0.15) is 5.56 Å². The Hall–Kier alpha value is -1.78. The van der Waals surface area contributed by atoms with Crippen LogP contribution in [0.5, 0.6) is 0 Å². The number of benzene rings is 1. The third-order valence-electron chi connectivity index (χ3n) is 1.87. The van der Waals surface area contributed by atoms with Crippen molar-refractivity contribution in [1.82, 2.24) is 0 Å². The van der Waals surface area contributed by atoms with Crippen molar-refractivity contribution in [2.24, 2.45) is 5.28 Å². The lowest BCUT2D eigenvalue weighted by atomic mass is 10.2. The Kier molecular flexibility index (Phi) is 3.28. The fourth-order valence-corrected chi connectivity index (χ4v) is 1.09. The van der Waals surface area contributed by atoms with Crippen molar-refractivity contribution in [2.75, 3.05) is 19.0 Å². The van der Waals surface area contributed by atoms with Crippen molar-refractivity contribution in [1.29, 1.82) is 0 Å². The second-order valence-corrected chi connectivity index (χ2v) is 3.16. The van der Waals surface area contributed by atoms with E-state index in [2.05, 4.69) is 5.28 Å². The minimum absolute atomic E-state index is 0.0597. The molecule has 14 heavy (non-hydrogen) atoms. The van der Waals surface area contributed by atoms with Crippen LogP contribution in [0.3, 0.4) is 0 Å². The molecule has 0 spiro atoms. The number of hydrogen-bond acceptors (Lipinski definition) is 3. The topological polar surface area (TPSA) is 61.9 Å². The van der Waals surface area contributed by atoms with E-state index in [9.17, 15) is 5.21 Å². The molecule has 0 bridgehead atoms. The van der Waals surface area contributed by atoms with Gasteiger partial charge in [-0.2, -0.15) is 0 Å². The summed E-state index contributed by atoms with van der Waals surface area (Å²) in [6.07, 6.45) is 0. The van der Waals surface area contributed by atoms with Crippen molar-refractivity contribution in [2.45, 2.75) is 6.54 Å². The van der Waals surface area contributed by atoms with Crippen LogP contribution in [0, 0.1) is 5.21 Å². The zero-order valence-electron chi connectivity index (χ0n) is 8.21. The maximum atomic E-state index is 10.7. The molecule has 0 saturated heterocycles. The summed E-state index contributed by atoms with van der Waals surface area (Å²) in [4.78, 5) is 2.19. The molecule has 0 aromatic heterocycles. The van der Waals surface area contributed by atoms with Crippen molar-refractivity contribution in [3.05, 3.63) is 35.0 Å². The highest BCUT2D eigenvalue weighted by Crippen LogP contribution is 2.12. The van der Waals surface area contributed by atoms with E-state index in [0.717, 1.165) is 11.3 Å². The lowest BCUT2D eigenvalue weighted by Crippen LogP contribution is -2.08. The molecule has 1 aromatic carbocycles. The fraction of sp³-hybridized carbons (Fsp3) is 0.333. The molecule has 5 heteroatoms. The summed E-state index contributed by atoms with van der Waals surface area (Å²) in [5.41, 5.74) is 1.87. The third-order valence-corrected chi connectivity index (χ3v) is 1.87. The smallest absolute Gasteiger partial charge is 0.209 e. The molecule has 0 amide bonds. The van der Waals surface area contributed by atoms with E-state index in [1.807, 2.05) is 43.3 Å². The van der Waals surface area contributed by atoms with Crippen LogP contribution in [0.25, 0.3) is 0 Å². The molecule has 5 nitrogen and oxygen atoms in total. The van der Waals surface area contributed by atoms with Gasteiger partial charge in [0.05, 0.1) is 0 Å². The monoisotopic (exact) mass is 195 g/mol. The summed E-state index contributed by atoms with van der Waals surface area (Å²) in [6.45, 7) is 0.0597. The van der Waals surface area contributed by atoms with Crippen LogP contribution in [-0.4, -0.2) is 24.2 Å². The molecule has 0 aliphatic rings. The summed E-state index contributed by atoms with van der Waals surface area (Å²) in [5, 5.41) is 21.4. The lowest BCUT2D eigenvalue weighted by molar-refractivity contribution is -0.570. The van der Waals surface area contributed by atoms with Gasteiger partial charge in [-0.15, -0.1) is 0 Å². The number of hydrogen-bond donors (Lipinski definition) is 1. The maximum Gasteiger partial charge on any atom is 0.209 e. The molecule has 1 aromatic rings. The Labute approximate surface area is 82.4 Å². The van der Waals surface area contributed by atoms with E-state index in [1.54, 1.807) is 0 Å².